The first-order valence-electron chi connectivity index (χ1n) is 17.1. The van der Waals surface area contributed by atoms with Crippen molar-refractivity contribution in [1.82, 2.24) is 0 Å². The summed E-state index contributed by atoms with van der Waals surface area (Å²) in [5, 5.41) is 9.65. The van der Waals surface area contributed by atoms with Crippen molar-refractivity contribution in [3.05, 3.63) is 188 Å². The van der Waals surface area contributed by atoms with Crippen LogP contribution in [0.5, 0.6) is 0 Å². The van der Waals surface area contributed by atoms with Gasteiger partial charge in [0.1, 0.15) is 0 Å². The Bertz CT molecular complexity index is 2810. The van der Waals surface area contributed by atoms with E-state index in [0.29, 0.717) is 0 Å². The van der Waals surface area contributed by atoms with Gasteiger partial charge in [-0.2, -0.15) is 0 Å². The SMILES string of the molecule is O=P(c1ccccc1)(c1ccc(-c2c3c(c(-c4ccccc4)c4ccccc24)-c2cccc4cccc-3c24)cc1)c1cccc2ccccc12. The van der Waals surface area contributed by atoms with Gasteiger partial charge < -0.3 is 4.57 Å². The molecule has 0 fully saturated rings. The monoisotopic (exact) mass is 654 g/mol. The zero-order valence-corrected chi connectivity index (χ0v) is 28.1. The van der Waals surface area contributed by atoms with Gasteiger partial charge in [0, 0.05) is 15.9 Å². The molecule has 0 bridgehead atoms. The predicted octanol–water partition coefficient (Wildman–Crippen LogP) is 11.8. The maximum Gasteiger partial charge on any atom is 0.171 e. The van der Waals surface area contributed by atoms with Crippen molar-refractivity contribution in [3.8, 4) is 44.5 Å². The van der Waals surface area contributed by atoms with E-state index in [1.807, 2.05) is 54.6 Å². The van der Waals surface area contributed by atoms with Gasteiger partial charge in [-0.05, 0) is 76.8 Å². The molecule has 0 spiro atoms. The number of rotatable bonds is 5. The largest absolute Gasteiger partial charge is 0.309 e. The summed E-state index contributed by atoms with van der Waals surface area (Å²) in [6, 6.07) is 66.1. The van der Waals surface area contributed by atoms with Crippen LogP contribution in [0.3, 0.4) is 0 Å². The highest BCUT2D eigenvalue weighted by Crippen LogP contribution is 2.57. The van der Waals surface area contributed by atoms with Crippen LogP contribution in [0.1, 0.15) is 0 Å². The van der Waals surface area contributed by atoms with E-state index in [9.17, 15) is 0 Å². The molecule has 9 aromatic rings. The topological polar surface area (TPSA) is 17.1 Å². The molecule has 2 heteroatoms. The first-order valence-corrected chi connectivity index (χ1v) is 18.8. The molecule has 1 atom stereocenters. The van der Waals surface area contributed by atoms with Crippen molar-refractivity contribution in [3.63, 3.8) is 0 Å². The highest BCUT2D eigenvalue weighted by atomic mass is 31.2. The molecular weight excluding hydrogens is 624 g/mol. The maximum atomic E-state index is 15.8. The highest BCUT2D eigenvalue weighted by Gasteiger charge is 2.33. The molecule has 0 amide bonds. The van der Waals surface area contributed by atoms with Gasteiger partial charge in [-0.1, -0.05) is 188 Å². The Hall–Kier alpha value is -6.01. The van der Waals surface area contributed by atoms with Gasteiger partial charge in [0.2, 0.25) is 0 Å². The summed E-state index contributed by atoms with van der Waals surface area (Å²) >= 11 is 0. The van der Waals surface area contributed by atoms with Crippen LogP contribution in [0, 0.1) is 0 Å². The molecule has 1 unspecified atom stereocenters. The molecule has 0 aromatic heterocycles. The third-order valence-corrected chi connectivity index (χ3v) is 13.6. The van der Waals surface area contributed by atoms with Crippen LogP contribution >= 0.6 is 7.14 Å². The van der Waals surface area contributed by atoms with E-state index in [-0.39, 0.29) is 0 Å². The van der Waals surface area contributed by atoms with Crippen LogP contribution in [0.25, 0.3) is 76.8 Å². The molecule has 0 saturated carbocycles. The van der Waals surface area contributed by atoms with Crippen molar-refractivity contribution in [2.75, 3.05) is 0 Å². The van der Waals surface area contributed by atoms with Crippen LogP contribution in [-0.2, 0) is 4.57 Å². The minimum Gasteiger partial charge on any atom is -0.309 e. The molecule has 0 radical (unpaired) electrons. The number of fused-ring (bicyclic) bond motifs is 5. The highest BCUT2D eigenvalue weighted by molar-refractivity contribution is 7.85. The summed E-state index contributed by atoms with van der Waals surface area (Å²) in [6.07, 6.45) is 0. The molecule has 9 aromatic carbocycles. The summed E-state index contributed by atoms with van der Waals surface area (Å²) in [5.74, 6) is 0. The summed E-state index contributed by atoms with van der Waals surface area (Å²) in [7, 11) is -3.23. The molecule has 50 heavy (non-hydrogen) atoms. The van der Waals surface area contributed by atoms with E-state index < -0.39 is 7.14 Å². The number of benzene rings is 9. The van der Waals surface area contributed by atoms with E-state index in [1.54, 1.807) is 0 Å². The van der Waals surface area contributed by atoms with Crippen LogP contribution in [0.4, 0.5) is 0 Å². The molecule has 0 saturated heterocycles. The van der Waals surface area contributed by atoms with Gasteiger partial charge in [0.15, 0.2) is 7.14 Å². The van der Waals surface area contributed by atoms with E-state index >= 15 is 4.57 Å². The second kappa shape index (κ2) is 11.3. The zero-order valence-electron chi connectivity index (χ0n) is 27.3. The Balaban J connectivity index is 1.26. The van der Waals surface area contributed by atoms with Crippen molar-refractivity contribution < 1.29 is 4.57 Å². The molecule has 234 valence electrons. The van der Waals surface area contributed by atoms with Gasteiger partial charge in [0.25, 0.3) is 0 Å². The van der Waals surface area contributed by atoms with E-state index in [1.165, 1.54) is 60.5 Å². The molecule has 0 heterocycles. The normalized spacial score (nSPS) is 13.0. The average Bonchev–Trinajstić information content (AvgIpc) is 3.52. The van der Waals surface area contributed by atoms with Gasteiger partial charge >= 0.3 is 0 Å². The molecule has 1 nitrogen and oxygen atoms in total. The average molecular weight is 655 g/mol. The second-order valence-corrected chi connectivity index (χ2v) is 15.8. The number of hydrogen-bond donors (Lipinski definition) is 0. The zero-order chi connectivity index (χ0) is 33.2. The van der Waals surface area contributed by atoms with Gasteiger partial charge in [0.05, 0.1) is 0 Å². The Morgan fingerprint density at radius 2 is 0.780 bits per heavy atom. The smallest absolute Gasteiger partial charge is 0.171 e. The van der Waals surface area contributed by atoms with Crippen molar-refractivity contribution in [2.24, 2.45) is 0 Å². The lowest BCUT2D eigenvalue weighted by atomic mass is 9.82. The Morgan fingerprint density at radius 3 is 1.42 bits per heavy atom. The molecule has 0 N–H and O–H groups in total. The lowest BCUT2D eigenvalue weighted by molar-refractivity contribution is 0.592. The minimum atomic E-state index is -3.23. The van der Waals surface area contributed by atoms with Crippen molar-refractivity contribution in [1.29, 1.82) is 0 Å². The quantitative estimate of drug-likeness (QED) is 0.169. The second-order valence-electron chi connectivity index (χ2n) is 13.1. The van der Waals surface area contributed by atoms with E-state index in [2.05, 4.69) is 133 Å². The molecule has 0 aliphatic heterocycles. The van der Waals surface area contributed by atoms with E-state index in [0.717, 1.165) is 32.2 Å². The molecule has 1 aliphatic carbocycles. The third kappa shape index (κ3) is 4.18. The third-order valence-electron chi connectivity index (χ3n) is 10.5. The summed E-state index contributed by atoms with van der Waals surface area (Å²) < 4.78 is 15.8. The van der Waals surface area contributed by atoms with Crippen LogP contribution in [0.15, 0.2) is 188 Å². The fourth-order valence-electron chi connectivity index (χ4n) is 8.33. The van der Waals surface area contributed by atoms with Crippen LogP contribution in [0.2, 0.25) is 0 Å². The van der Waals surface area contributed by atoms with Crippen molar-refractivity contribution >= 4 is 55.4 Å². The lowest BCUT2D eigenvalue weighted by Gasteiger charge is -2.23. The maximum absolute atomic E-state index is 15.8. The lowest BCUT2D eigenvalue weighted by Crippen LogP contribution is -2.25. The molecular formula is C48H31OP. The summed E-state index contributed by atoms with van der Waals surface area (Å²) in [4.78, 5) is 0. The first-order chi connectivity index (χ1) is 24.7. The predicted molar refractivity (Wildman–Crippen MR) is 214 cm³/mol. The van der Waals surface area contributed by atoms with Gasteiger partial charge in [-0.25, -0.2) is 0 Å². The van der Waals surface area contributed by atoms with Gasteiger partial charge in [-0.15, -0.1) is 0 Å². The standard InChI is InChI=1S/C48H31OP/c49-50(36-20-5-2-6-21-36,43-27-13-17-32-14-7-8-22-38(32)43)37-30-28-35(29-31-37)46-40-24-10-9-23-39(40)45(34-15-3-1-4-16-34)47-41-25-11-18-33-19-12-26-42(44(33)41)48(46)47/h1-31H. The Kier molecular flexibility index (Phi) is 6.53. The fourth-order valence-corrected chi connectivity index (χ4v) is 11.2. The minimum absolute atomic E-state index is 0.830. The Morgan fingerprint density at radius 1 is 0.320 bits per heavy atom. The van der Waals surface area contributed by atoms with Crippen LogP contribution < -0.4 is 15.9 Å². The molecule has 1 aliphatic rings. The molecule has 10 rings (SSSR count). The van der Waals surface area contributed by atoms with Crippen LogP contribution in [-0.4, -0.2) is 0 Å². The first kappa shape index (κ1) is 29.0. The number of hydrogen-bond acceptors (Lipinski definition) is 1. The van der Waals surface area contributed by atoms with E-state index in [4.69, 9.17) is 0 Å². The van der Waals surface area contributed by atoms with Crippen molar-refractivity contribution in [2.45, 2.75) is 0 Å². The Labute approximate surface area is 291 Å². The fraction of sp³-hybridized carbons (Fsp3) is 0. The van der Waals surface area contributed by atoms with Gasteiger partial charge in [-0.3, -0.25) is 0 Å². The summed E-state index contributed by atoms with van der Waals surface area (Å²) in [6.45, 7) is 0. The summed E-state index contributed by atoms with van der Waals surface area (Å²) in [5.41, 5.74) is 9.90.